The summed E-state index contributed by atoms with van der Waals surface area (Å²) in [5, 5.41) is 4.38. The molecule has 94 valence electrons. The average molecular weight is 258 g/mol. The highest BCUT2D eigenvalue weighted by Gasteiger charge is 2.09. The first kappa shape index (κ1) is 13.1. The van der Waals surface area contributed by atoms with Gasteiger partial charge >= 0.3 is 0 Å². The predicted octanol–water partition coefficient (Wildman–Crippen LogP) is 3.65. The van der Waals surface area contributed by atoms with Crippen molar-refractivity contribution in [3.8, 4) is 0 Å². The van der Waals surface area contributed by atoms with Crippen LogP contribution >= 0.6 is 11.8 Å². The van der Waals surface area contributed by atoms with Gasteiger partial charge in [0.15, 0.2) is 0 Å². The van der Waals surface area contributed by atoms with Crippen molar-refractivity contribution in [2.75, 3.05) is 7.05 Å². The first-order chi connectivity index (χ1) is 8.81. The van der Waals surface area contributed by atoms with E-state index < -0.39 is 0 Å². The third-order valence-electron chi connectivity index (χ3n) is 2.92. The molecule has 0 bridgehead atoms. The van der Waals surface area contributed by atoms with Gasteiger partial charge in [0.05, 0.1) is 0 Å². The van der Waals surface area contributed by atoms with Gasteiger partial charge < -0.3 is 5.32 Å². The highest BCUT2D eigenvalue weighted by atomic mass is 32.2. The van der Waals surface area contributed by atoms with Gasteiger partial charge in [-0.25, -0.2) is 4.98 Å². The van der Waals surface area contributed by atoms with Gasteiger partial charge in [-0.1, -0.05) is 36.4 Å². The Hall–Kier alpha value is -1.32. The molecule has 1 atom stereocenters. The van der Waals surface area contributed by atoms with Crippen LogP contribution in [0, 0.1) is 0 Å². The summed E-state index contributed by atoms with van der Waals surface area (Å²) in [5.41, 5.74) is 2.59. The van der Waals surface area contributed by atoms with Crippen molar-refractivity contribution >= 4 is 11.8 Å². The molecule has 0 saturated heterocycles. The summed E-state index contributed by atoms with van der Waals surface area (Å²) in [6, 6.07) is 15.0. The van der Waals surface area contributed by atoms with E-state index in [1.54, 1.807) is 11.8 Å². The number of pyridine rings is 1. The number of nitrogens with zero attached hydrogens (tertiary/aromatic N) is 1. The molecular formula is C15H18N2S. The van der Waals surface area contributed by atoms with E-state index in [1.807, 2.05) is 25.4 Å². The van der Waals surface area contributed by atoms with Crippen LogP contribution in [0.15, 0.2) is 53.7 Å². The van der Waals surface area contributed by atoms with Crippen LogP contribution in [0.3, 0.4) is 0 Å². The number of hydrogen-bond donors (Lipinski definition) is 1. The molecule has 1 unspecified atom stereocenters. The largest absolute Gasteiger partial charge is 0.313 e. The number of rotatable bonds is 5. The molecular weight excluding hydrogens is 240 g/mol. The fraction of sp³-hybridized carbons (Fsp3) is 0.267. The standard InChI is InChI=1S/C15H18N2S/c1-12(16-2)14-9-6-10-17-15(14)18-11-13-7-4-3-5-8-13/h3-10,12,16H,11H2,1-2H3. The highest BCUT2D eigenvalue weighted by molar-refractivity contribution is 7.98. The minimum absolute atomic E-state index is 0.331. The van der Waals surface area contributed by atoms with Crippen LogP contribution in [0.1, 0.15) is 24.1 Å². The monoisotopic (exact) mass is 258 g/mol. The molecule has 0 aliphatic rings. The average Bonchev–Trinajstić information content (AvgIpc) is 2.45. The summed E-state index contributed by atoms with van der Waals surface area (Å²) in [4.78, 5) is 4.49. The van der Waals surface area contributed by atoms with Gasteiger partial charge in [-0.15, -0.1) is 11.8 Å². The summed E-state index contributed by atoms with van der Waals surface area (Å²) in [7, 11) is 1.98. The van der Waals surface area contributed by atoms with Gasteiger partial charge in [0.25, 0.3) is 0 Å². The third-order valence-corrected chi connectivity index (χ3v) is 4.01. The Balaban J connectivity index is 2.10. The van der Waals surface area contributed by atoms with E-state index in [1.165, 1.54) is 11.1 Å². The lowest BCUT2D eigenvalue weighted by molar-refractivity contribution is 0.634. The van der Waals surface area contributed by atoms with Crippen molar-refractivity contribution in [2.24, 2.45) is 0 Å². The smallest absolute Gasteiger partial charge is 0.101 e. The number of nitrogens with one attached hydrogen (secondary N) is 1. The van der Waals surface area contributed by atoms with Crippen LogP contribution in [-0.4, -0.2) is 12.0 Å². The van der Waals surface area contributed by atoms with Gasteiger partial charge in [-0.2, -0.15) is 0 Å². The Morgan fingerprint density at radius 1 is 1.17 bits per heavy atom. The van der Waals surface area contributed by atoms with Gasteiger partial charge in [0, 0.05) is 23.6 Å². The second-order valence-corrected chi connectivity index (χ2v) is 5.15. The van der Waals surface area contributed by atoms with E-state index >= 15 is 0 Å². The number of thioether (sulfide) groups is 1. The molecule has 1 N–H and O–H groups in total. The Morgan fingerprint density at radius 3 is 2.67 bits per heavy atom. The first-order valence-electron chi connectivity index (χ1n) is 6.10. The SMILES string of the molecule is CNC(C)c1cccnc1SCc1ccccc1. The van der Waals surface area contributed by atoms with Crippen LogP contribution in [-0.2, 0) is 5.75 Å². The molecule has 2 rings (SSSR count). The number of hydrogen-bond acceptors (Lipinski definition) is 3. The van der Waals surface area contributed by atoms with E-state index in [4.69, 9.17) is 0 Å². The van der Waals surface area contributed by atoms with Crippen LogP contribution in [0.2, 0.25) is 0 Å². The fourth-order valence-electron chi connectivity index (χ4n) is 1.73. The quantitative estimate of drug-likeness (QED) is 0.829. The third kappa shape index (κ3) is 3.34. The zero-order chi connectivity index (χ0) is 12.8. The maximum absolute atomic E-state index is 4.49. The minimum Gasteiger partial charge on any atom is -0.313 e. The molecule has 0 spiro atoms. The fourth-order valence-corrected chi connectivity index (χ4v) is 2.78. The van der Waals surface area contributed by atoms with Crippen molar-refractivity contribution in [1.29, 1.82) is 0 Å². The van der Waals surface area contributed by atoms with E-state index in [-0.39, 0.29) is 0 Å². The maximum Gasteiger partial charge on any atom is 0.101 e. The van der Waals surface area contributed by atoms with E-state index in [2.05, 4.69) is 47.6 Å². The molecule has 1 aromatic heterocycles. The summed E-state index contributed by atoms with van der Waals surface area (Å²) >= 11 is 1.79. The van der Waals surface area contributed by atoms with Crippen molar-refractivity contribution in [1.82, 2.24) is 10.3 Å². The second kappa shape index (κ2) is 6.57. The lowest BCUT2D eigenvalue weighted by Gasteiger charge is -2.14. The molecule has 0 aliphatic carbocycles. The van der Waals surface area contributed by atoms with Crippen molar-refractivity contribution in [2.45, 2.75) is 23.7 Å². The molecule has 0 radical (unpaired) electrons. The van der Waals surface area contributed by atoms with E-state index in [9.17, 15) is 0 Å². The topological polar surface area (TPSA) is 24.9 Å². The zero-order valence-corrected chi connectivity index (χ0v) is 11.6. The Labute approximate surface area is 113 Å². The number of benzene rings is 1. The highest BCUT2D eigenvalue weighted by Crippen LogP contribution is 2.27. The summed E-state index contributed by atoms with van der Waals surface area (Å²) in [6.45, 7) is 2.16. The number of aromatic nitrogens is 1. The summed E-state index contributed by atoms with van der Waals surface area (Å²) < 4.78 is 0. The van der Waals surface area contributed by atoms with Crippen molar-refractivity contribution in [3.05, 3.63) is 59.8 Å². The lowest BCUT2D eigenvalue weighted by atomic mass is 10.1. The summed E-state index contributed by atoms with van der Waals surface area (Å²) in [5.74, 6) is 0.960. The predicted molar refractivity (Wildman–Crippen MR) is 77.7 cm³/mol. The van der Waals surface area contributed by atoms with Gasteiger partial charge in [-0.3, -0.25) is 0 Å². The summed E-state index contributed by atoms with van der Waals surface area (Å²) in [6.07, 6.45) is 1.86. The molecule has 3 heteroatoms. The van der Waals surface area contributed by atoms with Gasteiger partial charge in [0.2, 0.25) is 0 Å². The molecule has 0 aliphatic heterocycles. The van der Waals surface area contributed by atoms with Gasteiger partial charge in [0.1, 0.15) is 5.03 Å². The molecule has 1 aromatic carbocycles. The molecule has 0 saturated carbocycles. The first-order valence-corrected chi connectivity index (χ1v) is 7.08. The van der Waals surface area contributed by atoms with E-state index in [0.717, 1.165) is 10.8 Å². The molecule has 0 fully saturated rings. The lowest BCUT2D eigenvalue weighted by Crippen LogP contribution is -2.13. The molecule has 2 aromatic rings. The molecule has 18 heavy (non-hydrogen) atoms. The molecule has 0 amide bonds. The van der Waals surface area contributed by atoms with Crippen LogP contribution in [0.4, 0.5) is 0 Å². The van der Waals surface area contributed by atoms with Crippen LogP contribution < -0.4 is 5.32 Å². The Morgan fingerprint density at radius 2 is 1.94 bits per heavy atom. The van der Waals surface area contributed by atoms with Crippen molar-refractivity contribution < 1.29 is 0 Å². The van der Waals surface area contributed by atoms with E-state index in [0.29, 0.717) is 6.04 Å². The van der Waals surface area contributed by atoms with Crippen molar-refractivity contribution in [3.63, 3.8) is 0 Å². The zero-order valence-electron chi connectivity index (χ0n) is 10.8. The molecule has 1 heterocycles. The Kier molecular flexibility index (Phi) is 4.79. The Bertz CT molecular complexity index is 485. The van der Waals surface area contributed by atoms with Crippen LogP contribution in [0.5, 0.6) is 0 Å². The van der Waals surface area contributed by atoms with Crippen LogP contribution in [0.25, 0.3) is 0 Å². The molecule has 2 nitrogen and oxygen atoms in total. The van der Waals surface area contributed by atoms with Gasteiger partial charge in [-0.05, 0) is 25.6 Å². The second-order valence-electron chi connectivity index (χ2n) is 4.18. The maximum atomic E-state index is 4.49. The minimum atomic E-state index is 0.331. The normalized spacial score (nSPS) is 12.3.